The first kappa shape index (κ1) is 17.8. The molecule has 0 saturated carbocycles. The van der Waals surface area contributed by atoms with E-state index in [0.717, 1.165) is 30.2 Å². The predicted octanol–water partition coefficient (Wildman–Crippen LogP) is 1.17. The van der Waals surface area contributed by atoms with Crippen LogP contribution in [0, 0.1) is 5.41 Å². The van der Waals surface area contributed by atoms with Gasteiger partial charge in [-0.2, -0.15) is 0 Å². The molecule has 3 N–H and O–H groups in total. The molecule has 3 heterocycles. The number of aliphatic hydroxyl groups excluding tert-OH is 1. The molecular formula is C18H22N6O2. The van der Waals surface area contributed by atoms with Gasteiger partial charge in [-0.1, -0.05) is 0 Å². The van der Waals surface area contributed by atoms with Crippen molar-refractivity contribution in [3.8, 4) is 11.3 Å². The Labute approximate surface area is 151 Å². The third kappa shape index (κ3) is 4.15. The van der Waals surface area contributed by atoms with Crippen LogP contribution in [0.15, 0.2) is 30.6 Å². The molecule has 8 heteroatoms. The highest BCUT2D eigenvalue weighted by atomic mass is 16.3. The fraction of sp³-hybridized carbons (Fsp3) is 0.333. The van der Waals surface area contributed by atoms with E-state index in [-0.39, 0.29) is 18.2 Å². The van der Waals surface area contributed by atoms with Crippen LogP contribution in [0.5, 0.6) is 0 Å². The standard InChI is InChI=1S/C18H22N6O2/c1-13(26)23-6-8-24(9-7-23)18-10-14(4-5-20-18)16-11-21-17(22-16)3-2-15(19)12-25/h2-5,10-11,19,25H,6-9,12H2,1H3,(H,21,22)/b3-2-,19-15?. The lowest BCUT2D eigenvalue weighted by molar-refractivity contribution is -0.129. The number of aromatic amines is 1. The highest BCUT2D eigenvalue weighted by molar-refractivity contribution is 5.96. The number of carbonyl (C=O) groups is 1. The van der Waals surface area contributed by atoms with Gasteiger partial charge in [-0.15, -0.1) is 0 Å². The van der Waals surface area contributed by atoms with E-state index < -0.39 is 0 Å². The Morgan fingerprint density at radius 1 is 1.35 bits per heavy atom. The molecule has 136 valence electrons. The molecule has 0 aromatic carbocycles. The molecule has 1 amide bonds. The average Bonchev–Trinajstić information content (AvgIpc) is 3.15. The van der Waals surface area contributed by atoms with Crippen molar-refractivity contribution in [1.29, 1.82) is 5.41 Å². The molecule has 1 aliphatic heterocycles. The van der Waals surface area contributed by atoms with Gasteiger partial charge in [-0.05, 0) is 24.3 Å². The maximum Gasteiger partial charge on any atom is 0.219 e. The molecule has 0 aliphatic carbocycles. The molecule has 2 aromatic rings. The monoisotopic (exact) mass is 354 g/mol. The van der Waals surface area contributed by atoms with E-state index in [1.165, 1.54) is 6.08 Å². The fourth-order valence-electron chi connectivity index (χ4n) is 2.81. The molecule has 1 saturated heterocycles. The summed E-state index contributed by atoms with van der Waals surface area (Å²) in [4.78, 5) is 27.4. The SMILES string of the molecule is CC(=O)N1CCN(c2cc(-c3cnc(/C=C\C(=N)CO)[nH]3)ccn2)CC1. The summed E-state index contributed by atoms with van der Waals surface area (Å²) in [6.07, 6.45) is 6.66. The van der Waals surface area contributed by atoms with Crippen LogP contribution in [0.4, 0.5) is 5.82 Å². The summed E-state index contributed by atoms with van der Waals surface area (Å²) in [5.74, 6) is 1.60. The zero-order valence-electron chi connectivity index (χ0n) is 14.6. The number of aliphatic hydroxyl groups is 1. The summed E-state index contributed by atoms with van der Waals surface area (Å²) < 4.78 is 0. The molecule has 1 aliphatic rings. The molecule has 8 nitrogen and oxygen atoms in total. The topological polar surface area (TPSA) is 109 Å². The van der Waals surface area contributed by atoms with E-state index in [1.54, 1.807) is 25.4 Å². The van der Waals surface area contributed by atoms with Gasteiger partial charge in [0, 0.05) is 44.9 Å². The first-order chi connectivity index (χ1) is 12.6. The van der Waals surface area contributed by atoms with Crippen LogP contribution in [0.3, 0.4) is 0 Å². The Hall–Kier alpha value is -3.00. The quantitative estimate of drug-likeness (QED) is 0.698. The summed E-state index contributed by atoms with van der Waals surface area (Å²) >= 11 is 0. The number of amides is 1. The maximum absolute atomic E-state index is 11.4. The van der Waals surface area contributed by atoms with Crippen molar-refractivity contribution in [1.82, 2.24) is 19.9 Å². The lowest BCUT2D eigenvalue weighted by Crippen LogP contribution is -2.48. The number of piperazine rings is 1. The van der Waals surface area contributed by atoms with E-state index >= 15 is 0 Å². The van der Waals surface area contributed by atoms with Crippen LogP contribution >= 0.6 is 0 Å². The van der Waals surface area contributed by atoms with Gasteiger partial charge in [0.25, 0.3) is 0 Å². The van der Waals surface area contributed by atoms with E-state index in [1.807, 2.05) is 17.0 Å². The Bertz CT molecular complexity index is 821. The van der Waals surface area contributed by atoms with Crippen molar-refractivity contribution >= 4 is 23.5 Å². The predicted molar refractivity (Wildman–Crippen MR) is 100 cm³/mol. The van der Waals surface area contributed by atoms with E-state index in [9.17, 15) is 4.79 Å². The van der Waals surface area contributed by atoms with Gasteiger partial charge in [0.1, 0.15) is 11.6 Å². The number of nitrogens with one attached hydrogen (secondary N) is 2. The van der Waals surface area contributed by atoms with Crippen molar-refractivity contribution < 1.29 is 9.90 Å². The molecule has 0 unspecified atom stereocenters. The lowest BCUT2D eigenvalue weighted by atomic mass is 10.2. The summed E-state index contributed by atoms with van der Waals surface area (Å²) in [5.41, 5.74) is 1.94. The molecule has 0 spiro atoms. The minimum absolute atomic E-state index is 0.110. The fourth-order valence-corrected chi connectivity index (χ4v) is 2.81. The molecule has 0 bridgehead atoms. The van der Waals surface area contributed by atoms with Gasteiger partial charge < -0.3 is 25.3 Å². The van der Waals surface area contributed by atoms with Crippen molar-refractivity contribution in [2.45, 2.75) is 6.92 Å². The number of pyridine rings is 1. The minimum Gasteiger partial charge on any atom is -0.390 e. The number of imidazole rings is 1. The van der Waals surface area contributed by atoms with Gasteiger partial charge in [0.05, 0.1) is 24.2 Å². The number of rotatable bonds is 5. The van der Waals surface area contributed by atoms with Gasteiger partial charge in [0.15, 0.2) is 0 Å². The van der Waals surface area contributed by atoms with Gasteiger partial charge in [0.2, 0.25) is 5.91 Å². The highest BCUT2D eigenvalue weighted by Gasteiger charge is 2.19. The lowest BCUT2D eigenvalue weighted by Gasteiger charge is -2.35. The molecule has 1 fully saturated rings. The number of aromatic nitrogens is 3. The molecule has 0 radical (unpaired) electrons. The third-order valence-corrected chi connectivity index (χ3v) is 4.31. The van der Waals surface area contributed by atoms with Crippen molar-refractivity contribution in [2.24, 2.45) is 0 Å². The molecule has 0 atom stereocenters. The van der Waals surface area contributed by atoms with E-state index in [0.29, 0.717) is 18.9 Å². The van der Waals surface area contributed by atoms with Crippen LogP contribution < -0.4 is 4.90 Å². The molecule has 3 rings (SSSR count). The Morgan fingerprint density at radius 2 is 2.12 bits per heavy atom. The zero-order valence-corrected chi connectivity index (χ0v) is 14.6. The third-order valence-electron chi connectivity index (χ3n) is 4.31. The average molecular weight is 354 g/mol. The Kier molecular flexibility index (Phi) is 5.43. The highest BCUT2D eigenvalue weighted by Crippen LogP contribution is 2.22. The van der Waals surface area contributed by atoms with Gasteiger partial charge >= 0.3 is 0 Å². The maximum atomic E-state index is 11.4. The molecule has 26 heavy (non-hydrogen) atoms. The van der Waals surface area contributed by atoms with Crippen LogP contribution in [-0.4, -0.2) is 69.4 Å². The van der Waals surface area contributed by atoms with Crippen molar-refractivity contribution in [2.75, 3.05) is 37.7 Å². The van der Waals surface area contributed by atoms with Gasteiger partial charge in [-0.25, -0.2) is 9.97 Å². The van der Waals surface area contributed by atoms with Crippen LogP contribution in [0.1, 0.15) is 12.7 Å². The second kappa shape index (κ2) is 7.92. The summed E-state index contributed by atoms with van der Waals surface area (Å²) in [7, 11) is 0. The van der Waals surface area contributed by atoms with Crippen molar-refractivity contribution in [3.63, 3.8) is 0 Å². The zero-order chi connectivity index (χ0) is 18.5. The smallest absolute Gasteiger partial charge is 0.219 e. The van der Waals surface area contributed by atoms with Crippen LogP contribution in [0.2, 0.25) is 0 Å². The first-order valence-electron chi connectivity index (χ1n) is 8.45. The number of hydrogen-bond donors (Lipinski definition) is 3. The van der Waals surface area contributed by atoms with Gasteiger partial charge in [-0.3, -0.25) is 4.79 Å². The summed E-state index contributed by atoms with van der Waals surface area (Å²) in [6.45, 7) is 4.23. The second-order valence-electron chi connectivity index (χ2n) is 6.09. The number of H-pyrrole nitrogens is 1. The number of hydrogen-bond acceptors (Lipinski definition) is 6. The van der Waals surface area contributed by atoms with Crippen molar-refractivity contribution in [3.05, 3.63) is 36.4 Å². The second-order valence-corrected chi connectivity index (χ2v) is 6.09. The molecular weight excluding hydrogens is 332 g/mol. The first-order valence-corrected chi connectivity index (χ1v) is 8.45. The Balaban J connectivity index is 1.72. The van der Waals surface area contributed by atoms with Crippen LogP contribution in [0.25, 0.3) is 17.3 Å². The number of nitrogens with zero attached hydrogens (tertiary/aromatic N) is 4. The van der Waals surface area contributed by atoms with E-state index in [4.69, 9.17) is 10.5 Å². The molecule has 2 aromatic heterocycles. The summed E-state index contributed by atoms with van der Waals surface area (Å²) in [5, 5.41) is 16.3. The Morgan fingerprint density at radius 3 is 2.81 bits per heavy atom. The minimum atomic E-state index is -0.297. The normalized spacial score (nSPS) is 14.8. The largest absolute Gasteiger partial charge is 0.390 e. The summed E-state index contributed by atoms with van der Waals surface area (Å²) in [6, 6.07) is 3.91. The van der Waals surface area contributed by atoms with Crippen LogP contribution in [-0.2, 0) is 4.79 Å². The number of carbonyl (C=O) groups excluding carboxylic acids is 1. The van der Waals surface area contributed by atoms with E-state index in [2.05, 4.69) is 19.9 Å². The number of anilines is 1.